The van der Waals surface area contributed by atoms with Gasteiger partial charge < -0.3 is 10.2 Å². The minimum absolute atomic E-state index is 0.176. The van der Waals surface area contributed by atoms with E-state index in [9.17, 15) is 22.9 Å². The number of hydrogen-bond donors (Lipinski definition) is 2. The van der Waals surface area contributed by atoms with Crippen molar-refractivity contribution in [3.8, 4) is 0 Å². The smallest absolute Gasteiger partial charge is 0.277 e. The van der Waals surface area contributed by atoms with E-state index in [1.165, 1.54) is 12.1 Å². The zero-order chi connectivity index (χ0) is 22.1. The molecule has 0 aromatic heterocycles. The number of nitrogens with zero attached hydrogens (tertiary/aromatic N) is 2. The van der Waals surface area contributed by atoms with Gasteiger partial charge in [-0.2, -0.15) is 4.91 Å². The topological polar surface area (TPSA) is 101 Å². The maximum atomic E-state index is 14.8. The van der Waals surface area contributed by atoms with Crippen LogP contribution in [0.4, 0.5) is 24.5 Å². The third kappa shape index (κ3) is 6.13. The Balaban J connectivity index is 2.47. The van der Waals surface area contributed by atoms with Gasteiger partial charge in [0.15, 0.2) is 11.6 Å². The lowest BCUT2D eigenvalue weighted by Gasteiger charge is -2.15. The summed E-state index contributed by atoms with van der Waals surface area (Å²) in [4.78, 5) is 32.0. The predicted octanol–water partition coefficient (Wildman–Crippen LogP) is 4.25. The summed E-state index contributed by atoms with van der Waals surface area (Å²) in [5.41, 5.74) is 0.416. The van der Waals surface area contributed by atoms with Gasteiger partial charge in [-0.15, -0.1) is 0 Å². The first kappa shape index (κ1) is 23.5. The molecule has 160 valence electrons. The van der Waals surface area contributed by atoms with Crippen LogP contribution >= 0.6 is 22.6 Å². The summed E-state index contributed by atoms with van der Waals surface area (Å²) in [6.07, 6.45) is 0.894. The summed E-state index contributed by atoms with van der Waals surface area (Å²) in [6, 6.07) is 5.02. The molecule has 12 heteroatoms. The van der Waals surface area contributed by atoms with Gasteiger partial charge in [-0.05, 0) is 53.8 Å². The summed E-state index contributed by atoms with van der Waals surface area (Å²) in [5.74, 6) is -4.47. The summed E-state index contributed by atoms with van der Waals surface area (Å²) in [5, 5.41) is 8.42. The lowest BCUT2D eigenvalue weighted by molar-refractivity contribution is 0.0344. The van der Waals surface area contributed by atoms with Crippen LogP contribution in [0.1, 0.15) is 22.8 Å². The minimum Gasteiger partial charge on any atom is -0.396 e. The maximum Gasteiger partial charge on any atom is 0.277 e. The second-order valence-electron chi connectivity index (χ2n) is 5.55. The molecule has 1 amide bonds. The molecule has 2 N–H and O–H groups in total. The van der Waals surface area contributed by atoms with E-state index in [-0.39, 0.29) is 31.0 Å². The average molecular weight is 536 g/mol. The Labute approximate surface area is 182 Å². The first-order valence-corrected chi connectivity index (χ1v) is 9.57. The fraction of sp³-hybridized carbons (Fsp3) is 0.222. The van der Waals surface area contributed by atoms with Crippen molar-refractivity contribution in [1.29, 1.82) is 0 Å². The predicted molar refractivity (Wildman–Crippen MR) is 112 cm³/mol. The van der Waals surface area contributed by atoms with Crippen LogP contribution in [0.15, 0.2) is 34.6 Å². The van der Waals surface area contributed by atoms with Crippen molar-refractivity contribution in [2.24, 2.45) is 10.3 Å². The molecular weight excluding hydrogens is 520 g/mol. The highest BCUT2D eigenvalue weighted by Crippen LogP contribution is 2.30. The van der Waals surface area contributed by atoms with E-state index in [2.05, 4.69) is 15.6 Å². The Morgan fingerprint density at radius 3 is 2.67 bits per heavy atom. The van der Waals surface area contributed by atoms with Crippen LogP contribution in [-0.4, -0.2) is 31.9 Å². The lowest BCUT2D eigenvalue weighted by atomic mass is 10.1. The molecule has 0 spiro atoms. The number of nitrogens with one attached hydrogen (secondary N) is 2. The molecule has 0 aliphatic heterocycles. The third-order valence-electron chi connectivity index (χ3n) is 3.52. The largest absolute Gasteiger partial charge is 0.396 e. The van der Waals surface area contributed by atoms with Crippen LogP contribution in [-0.2, 0) is 9.68 Å². The van der Waals surface area contributed by atoms with Crippen molar-refractivity contribution >= 4 is 46.1 Å². The van der Waals surface area contributed by atoms with Gasteiger partial charge in [-0.1, -0.05) is 10.3 Å². The molecule has 0 bridgehead atoms. The number of hydroxylamine groups is 1. The fourth-order valence-electron chi connectivity index (χ4n) is 2.19. The quantitative estimate of drug-likeness (QED) is 0.156. The molecule has 30 heavy (non-hydrogen) atoms. The molecule has 0 unspecified atom stereocenters. The summed E-state index contributed by atoms with van der Waals surface area (Å²) in [6.45, 7) is 1.37. The van der Waals surface area contributed by atoms with Crippen molar-refractivity contribution in [1.82, 2.24) is 5.48 Å². The van der Waals surface area contributed by atoms with E-state index in [1.54, 1.807) is 13.0 Å². The van der Waals surface area contributed by atoms with Gasteiger partial charge in [0.2, 0.25) is 0 Å². The molecule has 0 aliphatic carbocycles. The van der Waals surface area contributed by atoms with Gasteiger partial charge in [0.1, 0.15) is 19.0 Å². The van der Waals surface area contributed by atoms with Crippen LogP contribution in [0.25, 0.3) is 0 Å². The SMILES string of the molecule is CCO/N=C/c1cc(C(=O)NOCCN=O)c(Nc2ccc(I)cc2F)c(F)c1F. The molecule has 0 atom stereocenters. The number of anilines is 2. The molecule has 0 saturated carbocycles. The zero-order valence-corrected chi connectivity index (χ0v) is 17.7. The fourth-order valence-corrected chi connectivity index (χ4v) is 2.64. The molecule has 2 rings (SSSR count). The van der Waals surface area contributed by atoms with Gasteiger partial charge in [0.25, 0.3) is 5.91 Å². The molecule has 2 aromatic carbocycles. The third-order valence-corrected chi connectivity index (χ3v) is 4.19. The monoisotopic (exact) mass is 536 g/mol. The van der Waals surface area contributed by atoms with Crippen molar-refractivity contribution in [3.63, 3.8) is 0 Å². The Kier molecular flexibility index (Phi) is 8.98. The van der Waals surface area contributed by atoms with E-state index in [1.807, 2.05) is 28.1 Å². The number of hydrogen-bond acceptors (Lipinski definition) is 7. The number of carbonyl (C=O) groups excluding carboxylic acids is 1. The minimum atomic E-state index is -1.44. The molecule has 0 heterocycles. The van der Waals surface area contributed by atoms with Gasteiger partial charge in [-0.3, -0.25) is 9.63 Å². The van der Waals surface area contributed by atoms with E-state index >= 15 is 0 Å². The molecule has 0 saturated heterocycles. The van der Waals surface area contributed by atoms with Crippen LogP contribution in [0.2, 0.25) is 0 Å². The Morgan fingerprint density at radius 1 is 1.23 bits per heavy atom. The number of carbonyl (C=O) groups is 1. The summed E-state index contributed by atoms with van der Waals surface area (Å²) < 4.78 is 44.0. The molecule has 0 radical (unpaired) electrons. The van der Waals surface area contributed by atoms with Crippen LogP contribution < -0.4 is 10.8 Å². The number of amides is 1. The van der Waals surface area contributed by atoms with E-state index in [0.29, 0.717) is 3.57 Å². The Hall–Kier alpha value is -2.74. The first-order chi connectivity index (χ1) is 14.4. The zero-order valence-electron chi connectivity index (χ0n) is 15.5. The van der Waals surface area contributed by atoms with Gasteiger partial charge in [-0.25, -0.2) is 18.7 Å². The van der Waals surface area contributed by atoms with Crippen molar-refractivity contribution in [2.75, 3.05) is 25.1 Å². The second-order valence-corrected chi connectivity index (χ2v) is 6.80. The normalized spacial score (nSPS) is 10.8. The second kappa shape index (κ2) is 11.4. The van der Waals surface area contributed by atoms with Crippen LogP contribution in [0.3, 0.4) is 0 Å². The molecule has 0 fully saturated rings. The average Bonchev–Trinajstić information content (AvgIpc) is 2.72. The van der Waals surface area contributed by atoms with E-state index in [0.717, 1.165) is 12.3 Å². The molecule has 2 aromatic rings. The van der Waals surface area contributed by atoms with E-state index < -0.39 is 34.6 Å². The van der Waals surface area contributed by atoms with Crippen LogP contribution in [0, 0.1) is 25.9 Å². The standard InChI is InChI=1S/C18H16F3IN4O4/c1-2-29-24-9-10-7-12(18(27)26-30-6-5-23-28)17(16(21)15(10)20)25-14-4-3-11(22)8-13(14)19/h3-4,7-9,25H,2,5-6H2,1H3,(H,26,27)/b24-9+. The van der Waals surface area contributed by atoms with E-state index in [4.69, 9.17) is 9.68 Å². The Morgan fingerprint density at radius 2 is 2.00 bits per heavy atom. The highest BCUT2D eigenvalue weighted by molar-refractivity contribution is 14.1. The van der Waals surface area contributed by atoms with Gasteiger partial charge in [0.05, 0.1) is 29.8 Å². The Bertz CT molecular complexity index is 960. The number of benzene rings is 2. The first-order valence-electron chi connectivity index (χ1n) is 8.49. The van der Waals surface area contributed by atoms with Gasteiger partial charge >= 0.3 is 0 Å². The van der Waals surface area contributed by atoms with Crippen molar-refractivity contribution < 1.29 is 27.6 Å². The summed E-state index contributed by atoms with van der Waals surface area (Å²) >= 11 is 1.89. The number of rotatable bonds is 10. The number of halogens is 4. The lowest BCUT2D eigenvalue weighted by Crippen LogP contribution is -2.26. The molecule has 0 aliphatic rings. The highest BCUT2D eigenvalue weighted by Gasteiger charge is 2.23. The maximum absolute atomic E-state index is 14.8. The van der Waals surface area contributed by atoms with Crippen LogP contribution in [0.5, 0.6) is 0 Å². The highest BCUT2D eigenvalue weighted by atomic mass is 127. The summed E-state index contributed by atoms with van der Waals surface area (Å²) in [7, 11) is 0. The van der Waals surface area contributed by atoms with Crippen molar-refractivity contribution in [2.45, 2.75) is 6.92 Å². The number of nitroso groups, excluding NO2 is 1. The number of oxime groups is 1. The molecule has 8 nitrogen and oxygen atoms in total. The molecular formula is C18H16F3IN4O4. The van der Waals surface area contributed by atoms with Crippen molar-refractivity contribution in [3.05, 3.63) is 61.3 Å². The van der Waals surface area contributed by atoms with Gasteiger partial charge in [0, 0.05) is 9.13 Å².